The normalized spacial score (nSPS) is 17.5. The minimum Gasteiger partial charge on any atom is -0.462 e. The lowest BCUT2D eigenvalue weighted by atomic mass is 9.61. The first-order chi connectivity index (χ1) is 11.2. The van der Waals surface area contributed by atoms with E-state index in [2.05, 4.69) is 20.8 Å². The molecule has 0 fully saturated rings. The van der Waals surface area contributed by atoms with E-state index >= 15 is 0 Å². The zero-order valence-electron chi connectivity index (χ0n) is 18.2. The Hall–Kier alpha value is -0.420. The molecule has 7 heteroatoms. The summed E-state index contributed by atoms with van der Waals surface area (Å²) in [6.07, 6.45) is 0.651. The average Bonchev–Trinajstić information content (AvgIpc) is 2.33. The number of carbonyl (C=O) groups excluding carboxylic acids is 1. The van der Waals surface area contributed by atoms with Crippen LogP contribution in [0.3, 0.4) is 0 Å². The van der Waals surface area contributed by atoms with Crippen LogP contribution >= 0.6 is 7.60 Å². The predicted octanol–water partition coefficient (Wildman–Crippen LogP) is 4.73. The van der Waals surface area contributed by atoms with Crippen LogP contribution in [-0.4, -0.2) is 33.8 Å². The molecule has 0 spiro atoms. The molecule has 0 heterocycles. The van der Waals surface area contributed by atoms with E-state index in [0.29, 0.717) is 12.8 Å². The number of hydrogen-bond acceptors (Lipinski definition) is 4. The van der Waals surface area contributed by atoms with Crippen LogP contribution in [0.1, 0.15) is 82.1 Å². The highest BCUT2D eigenvalue weighted by Gasteiger charge is 2.48. The van der Waals surface area contributed by atoms with Gasteiger partial charge < -0.3 is 19.3 Å². The number of rotatable bonds is 8. The Morgan fingerprint density at radius 1 is 1.00 bits per heavy atom. The van der Waals surface area contributed by atoms with Crippen molar-refractivity contribution in [2.24, 2.45) is 16.2 Å². The Kier molecular flexibility index (Phi) is 8.17. The van der Waals surface area contributed by atoms with Crippen LogP contribution < -0.4 is 0 Å². The molecule has 0 saturated carbocycles. The monoisotopic (exact) mass is 394 g/mol. The number of carbonyl (C=O) groups is 1. The van der Waals surface area contributed by atoms with Gasteiger partial charge in [-0.15, -0.1) is 0 Å². The minimum absolute atomic E-state index is 0.0270. The highest BCUT2D eigenvalue weighted by atomic mass is 31.2. The molecule has 6 nitrogen and oxygen atoms in total. The van der Waals surface area contributed by atoms with Crippen molar-refractivity contribution in [3.8, 4) is 0 Å². The first-order valence-electron chi connectivity index (χ1n) is 9.14. The lowest BCUT2D eigenvalue weighted by Crippen LogP contribution is -2.45. The third kappa shape index (κ3) is 7.30. The molecule has 2 N–H and O–H groups in total. The van der Waals surface area contributed by atoms with Crippen molar-refractivity contribution in [3.05, 3.63) is 0 Å². The zero-order valence-corrected chi connectivity index (χ0v) is 19.1. The molecular weight excluding hydrogens is 355 g/mol. The molecule has 0 aliphatic carbocycles. The summed E-state index contributed by atoms with van der Waals surface area (Å²) < 4.78 is 22.4. The fourth-order valence-corrected chi connectivity index (χ4v) is 2.89. The van der Waals surface area contributed by atoms with Gasteiger partial charge in [-0.3, -0.25) is 9.36 Å². The summed E-state index contributed by atoms with van der Waals surface area (Å²) >= 11 is 0. The second kappa shape index (κ2) is 8.30. The topological polar surface area (TPSA) is 93.1 Å². The van der Waals surface area contributed by atoms with E-state index < -0.39 is 24.5 Å². The molecule has 0 bridgehead atoms. The number of ether oxygens (including phenoxy) is 2. The Morgan fingerprint density at radius 2 is 1.46 bits per heavy atom. The van der Waals surface area contributed by atoms with Crippen molar-refractivity contribution in [1.82, 2.24) is 0 Å². The molecule has 0 aromatic heterocycles. The molecule has 0 aliphatic rings. The summed E-state index contributed by atoms with van der Waals surface area (Å²) in [6, 6.07) is 0. The molecule has 2 atom stereocenters. The largest absolute Gasteiger partial charge is 0.462 e. The van der Waals surface area contributed by atoms with Gasteiger partial charge in [0.15, 0.2) is 5.34 Å². The summed E-state index contributed by atoms with van der Waals surface area (Å²) in [6.45, 7) is 18.9. The second-order valence-corrected chi connectivity index (χ2v) is 12.3. The van der Waals surface area contributed by atoms with Crippen LogP contribution in [0.15, 0.2) is 0 Å². The lowest BCUT2D eigenvalue weighted by molar-refractivity contribution is -0.170. The first-order valence-corrected chi connectivity index (χ1v) is 10.7. The molecule has 156 valence electrons. The maximum Gasteiger partial charge on any atom is 0.356 e. The highest BCUT2D eigenvalue weighted by molar-refractivity contribution is 7.53. The molecule has 0 amide bonds. The lowest BCUT2D eigenvalue weighted by Gasteiger charge is -2.43. The molecule has 0 aliphatic heterocycles. The molecule has 26 heavy (non-hydrogen) atoms. The smallest absolute Gasteiger partial charge is 0.356 e. The van der Waals surface area contributed by atoms with Gasteiger partial charge in [-0.1, -0.05) is 41.5 Å². The van der Waals surface area contributed by atoms with E-state index in [0.717, 1.165) is 0 Å². The minimum atomic E-state index is -4.36. The summed E-state index contributed by atoms with van der Waals surface area (Å²) in [5.41, 5.74) is -0.942. The Bertz CT molecular complexity index is 523. The first kappa shape index (κ1) is 25.6. The van der Waals surface area contributed by atoms with Gasteiger partial charge in [0.2, 0.25) is 0 Å². The Balaban J connectivity index is 4.94. The zero-order chi connectivity index (χ0) is 21.2. The van der Waals surface area contributed by atoms with Gasteiger partial charge in [0.05, 0.1) is 12.0 Å². The van der Waals surface area contributed by atoms with Crippen LogP contribution in [0.2, 0.25) is 0 Å². The van der Waals surface area contributed by atoms with E-state index in [-0.39, 0.29) is 23.4 Å². The quantitative estimate of drug-likeness (QED) is 0.457. The van der Waals surface area contributed by atoms with Crippen LogP contribution in [0.5, 0.6) is 0 Å². The molecule has 2 unspecified atom stereocenters. The van der Waals surface area contributed by atoms with Crippen LogP contribution in [0.25, 0.3) is 0 Å². The van der Waals surface area contributed by atoms with E-state index in [4.69, 9.17) is 9.47 Å². The number of esters is 1. The Morgan fingerprint density at radius 3 is 1.81 bits per heavy atom. The molecule has 0 rings (SSSR count). The van der Waals surface area contributed by atoms with E-state index in [1.165, 1.54) is 13.8 Å². The van der Waals surface area contributed by atoms with Gasteiger partial charge in [0, 0.05) is 6.42 Å². The summed E-state index contributed by atoms with van der Waals surface area (Å²) in [5, 5.41) is -1.55. The third-order valence-electron chi connectivity index (χ3n) is 4.98. The van der Waals surface area contributed by atoms with Gasteiger partial charge >= 0.3 is 13.6 Å². The summed E-state index contributed by atoms with van der Waals surface area (Å²) in [7, 11) is -4.36. The average molecular weight is 394 g/mol. The van der Waals surface area contributed by atoms with Gasteiger partial charge in [0.1, 0.15) is 6.10 Å². The Labute approximate surface area is 159 Å². The molecule has 0 radical (unpaired) electrons. The summed E-state index contributed by atoms with van der Waals surface area (Å²) in [4.78, 5) is 31.5. The van der Waals surface area contributed by atoms with Crippen molar-refractivity contribution in [3.63, 3.8) is 0 Å². The SMILES string of the molecule is CC(CCOC(C)(C)P(=O)(O)O)OC(=O)C(C)(CC(C)(C)C)C(C)(C)C. The van der Waals surface area contributed by atoms with Gasteiger partial charge in [-0.2, -0.15) is 0 Å². The molecule has 0 aromatic rings. The maximum atomic E-state index is 12.9. The van der Waals surface area contributed by atoms with Crippen LogP contribution in [0, 0.1) is 16.2 Å². The van der Waals surface area contributed by atoms with Gasteiger partial charge in [-0.05, 0) is 44.9 Å². The number of hydrogen-bond donors (Lipinski definition) is 2. The summed E-state index contributed by atoms with van der Waals surface area (Å²) in [5.74, 6) is -0.248. The second-order valence-electron chi connectivity index (χ2n) is 10.2. The van der Waals surface area contributed by atoms with Crippen molar-refractivity contribution in [1.29, 1.82) is 0 Å². The fraction of sp³-hybridized carbons (Fsp3) is 0.947. The molecular formula is C19H39O6P. The van der Waals surface area contributed by atoms with Crippen LogP contribution in [-0.2, 0) is 18.8 Å². The van der Waals surface area contributed by atoms with Crippen molar-refractivity contribution >= 4 is 13.6 Å². The van der Waals surface area contributed by atoms with Gasteiger partial charge in [0.25, 0.3) is 0 Å². The predicted molar refractivity (Wildman–Crippen MR) is 104 cm³/mol. The van der Waals surface area contributed by atoms with Crippen molar-refractivity contribution in [2.45, 2.75) is 93.5 Å². The van der Waals surface area contributed by atoms with Gasteiger partial charge in [-0.25, -0.2) is 0 Å². The van der Waals surface area contributed by atoms with E-state index in [1.807, 2.05) is 27.7 Å². The van der Waals surface area contributed by atoms with Crippen LogP contribution in [0.4, 0.5) is 0 Å². The fourth-order valence-electron chi connectivity index (χ4n) is 2.63. The third-order valence-corrected chi connectivity index (χ3v) is 6.51. The molecule has 0 saturated heterocycles. The standard InChI is InChI=1S/C19H39O6P/c1-14(11-12-24-18(8,9)26(21,22)23)25-15(20)19(10,17(5,6)7)13-16(2,3)4/h14H,11-13H2,1-10H3,(H2,21,22,23). The van der Waals surface area contributed by atoms with Crippen molar-refractivity contribution in [2.75, 3.05) is 6.61 Å². The highest BCUT2D eigenvalue weighted by Crippen LogP contribution is 2.51. The van der Waals surface area contributed by atoms with E-state index in [9.17, 15) is 19.1 Å². The molecule has 0 aromatic carbocycles. The van der Waals surface area contributed by atoms with E-state index in [1.54, 1.807) is 6.92 Å². The van der Waals surface area contributed by atoms with Crippen molar-refractivity contribution < 1.29 is 28.6 Å². The maximum absolute atomic E-state index is 12.9.